The monoisotopic (exact) mass is 237 g/mol. The maximum Gasteiger partial charge on any atom is 0.170 e. The van der Waals surface area contributed by atoms with Crippen LogP contribution in [0.25, 0.3) is 0 Å². The standard InChI is InChI=1S/C14H20FNO/c1-9-8-10(15)6-7-11(9)12(17)13(2,3)14(4,5)16/h6-8H,16H2,1-5H3. The number of nitrogens with two attached hydrogens (primary N) is 1. The van der Waals surface area contributed by atoms with E-state index < -0.39 is 11.0 Å². The minimum atomic E-state index is -0.699. The summed E-state index contributed by atoms with van der Waals surface area (Å²) >= 11 is 0. The summed E-state index contributed by atoms with van der Waals surface area (Å²) in [5.41, 5.74) is 5.89. The van der Waals surface area contributed by atoms with Crippen LogP contribution in [0.15, 0.2) is 18.2 Å². The molecular weight excluding hydrogens is 217 g/mol. The molecule has 3 heteroatoms. The fourth-order valence-electron chi connectivity index (χ4n) is 1.51. The van der Waals surface area contributed by atoms with Crippen molar-refractivity contribution >= 4 is 5.78 Å². The van der Waals surface area contributed by atoms with E-state index in [1.807, 2.05) is 27.7 Å². The van der Waals surface area contributed by atoms with Crippen LogP contribution in [-0.2, 0) is 0 Å². The third-order valence-corrected chi connectivity index (χ3v) is 3.61. The molecule has 0 radical (unpaired) electrons. The molecule has 0 amide bonds. The molecule has 0 atom stereocenters. The Morgan fingerprint density at radius 1 is 1.24 bits per heavy atom. The van der Waals surface area contributed by atoms with Crippen molar-refractivity contribution in [1.82, 2.24) is 0 Å². The highest BCUT2D eigenvalue weighted by atomic mass is 19.1. The molecular formula is C14H20FNO. The first-order valence-corrected chi connectivity index (χ1v) is 5.67. The first-order valence-electron chi connectivity index (χ1n) is 5.67. The lowest BCUT2D eigenvalue weighted by molar-refractivity contribution is 0.0734. The van der Waals surface area contributed by atoms with Crippen molar-refractivity contribution < 1.29 is 9.18 Å². The molecule has 1 rings (SSSR count). The van der Waals surface area contributed by atoms with E-state index in [1.165, 1.54) is 18.2 Å². The largest absolute Gasteiger partial charge is 0.325 e. The molecule has 0 saturated carbocycles. The van der Waals surface area contributed by atoms with Crippen LogP contribution in [0.3, 0.4) is 0 Å². The molecule has 0 spiro atoms. The number of carbonyl (C=O) groups excluding carboxylic acids is 1. The van der Waals surface area contributed by atoms with Gasteiger partial charge in [0.15, 0.2) is 5.78 Å². The van der Waals surface area contributed by atoms with Gasteiger partial charge in [0.05, 0.1) is 0 Å². The molecule has 2 nitrogen and oxygen atoms in total. The molecule has 0 unspecified atom stereocenters. The maximum absolute atomic E-state index is 13.0. The van der Waals surface area contributed by atoms with Crippen LogP contribution in [0.2, 0.25) is 0 Å². The fourth-order valence-corrected chi connectivity index (χ4v) is 1.51. The van der Waals surface area contributed by atoms with Crippen molar-refractivity contribution in [3.63, 3.8) is 0 Å². The van der Waals surface area contributed by atoms with Gasteiger partial charge in [0.1, 0.15) is 5.82 Å². The summed E-state index contributed by atoms with van der Waals surface area (Å²) in [6, 6.07) is 4.20. The van der Waals surface area contributed by atoms with Gasteiger partial charge in [-0.25, -0.2) is 4.39 Å². The molecule has 0 bridgehead atoms. The van der Waals surface area contributed by atoms with Crippen molar-refractivity contribution in [3.8, 4) is 0 Å². The number of hydrogen-bond donors (Lipinski definition) is 1. The van der Waals surface area contributed by atoms with Gasteiger partial charge in [-0.1, -0.05) is 13.8 Å². The lowest BCUT2D eigenvalue weighted by atomic mass is 9.70. The molecule has 0 aliphatic carbocycles. The van der Waals surface area contributed by atoms with E-state index in [0.29, 0.717) is 11.1 Å². The zero-order valence-electron chi connectivity index (χ0n) is 11.1. The molecule has 0 heterocycles. The minimum absolute atomic E-state index is 0.0532. The number of halogens is 1. The summed E-state index contributed by atoms with van der Waals surface area (Å²) in [5, 5.41) is 0. The highest BCUT2D eigenvalue weighted by molar-refractivity contribution is 6.02. The van der Waals surface area contributed by atoms with Gasteiger partial charge in [0.2, 0.25) is 0 Å². The molecule has 0 saturated heterocycles. The van der Waals surface area contributed by atoms with Crippen LogP contribution in [0.4, 0.5) is 4.39 Å². The van der Waals surface area contributed by atoms with Gasteiger partial charge >= 0.3 is 0 Å². The number of hydrogen-bond acceptors (Lipinski definition) is 2. The molecule has 0 aromatic heterocycles. The number of aryl methyl sites for hydroxylation is 1. The van der Waals surface area contributed by atoms with Gasteiger partial charge in [-0.15, -0.1) is 0 Å². The average molecular weight is 237 g/mol. The number of benzene rings is 1. The Kier molecular flexibility index (Phi) is 3.44. The van der Waals surface area contributed by atoms with E-state index in [0.717, 1.165) is 0 Å². The van der Waals surface area contributed by atoms with E-state index in [2.05, 4.69) is 0 Å². The Labute approximate surface area is 102 Å². The smallest absolute Gasteiger partial charge is 0.170 e. The van der Waals surface area contributed by atoms with Crippen molar-refractivity contribution in [2.24, 2.45) is 11.1 Å². The van der Waals surface area contributed by atoms with Crippen molar-refractivity contribution in [1.29, 1.82) is 0 Å². The van der Waals surface area contributed by atoms with Gasteiger partial charge in [0.25, 0.3) is 0 Å². The summed E-state index contributed by atoms with van der Waals surface area (Å²) in [7, 11) is 0. The molecule has 0 aliphatic heterocycles. The second-order valence-electron chi connectivity index (χ2n) is 5.64. The zero-order chi connectivity index (χ0) is 13.4. The average Bonchev–Trinajstić information content (AvgIpc) is 2.14. The second-order valence-corrected chi connectivity index (χ2v) is 5.64. The Morgan fingerprint density at radius 2 is 1.76 bits per heavy atom. The predicted octanol–water partition coefficient (Wildman–Crippen LogP) is 3.08. The lowest BCUT2D eigenvalue weighted by Crippen LogP contribution is -2.52. The van der Waals surface area contributed by atoms with E-state index in [1.54, 1.807) is 6.92 Å². The lowest BCUT2D eigenvalue weighted by Gasteiger charge is -2.37. The number of carbonyl (C=O) groups is 1. The summed E-state index contributed by atoms with van der Waals surface area (Å²) in [5.74, 6) is -0.383. The van der Waals surface area contributed by atoms with Crippen LogP contribution < -0.4 is 5.73 Å². The third kappa shape index (κ3) is 2.55. The van der Waals surface area contributed by atoms with Crippen molar-refractivity contribution in [2.75, 3.05) is 0 Å². The van der Waals surface area contributed by atoms with Crippen LogP contribution in [0.1, 0.15) is 43.6 Å². The molecule has 0 aliphatic rings. The summed E-state index contributed by atoms with van der Waals surface area (Å²) < 4.78 is 13.0. The normalized spacial score (nSPS) is 12.6. The second kappa shape index (κ2) is 4.22. The van der Waals surface area contributed by atoms with Gasteiger partial charge in [0, 0.05) is 16.5 Å². The van der Waals surface area contributed by atoms with Crippen LogP contribution in [0, 0.1) is 18.2 Å². The minimum Gasteiger partial charge on any atom is -0.325 e. The maximum atomic E-state index is 13.0. The Morgan fingerprint density at radius 3 is 2.18 bits per heavy atom. The predicted molar refractivity (Wildman–Crippen MR) is 67.5 cm³/mol. The van der Waals surface area contributed by atoms with Gasteiger partial charge in [-0.2, -0.15) is 0 Å². The van der Waals surface area contributed by atoms with Crippen LogP contribution >= 0.6 is 0 Å². The molecule has 17 heavy (non-hydrogen) atoms. The van der Waals surface area contributed by atoms with Crippen LogP contribution in [-0.4, -0.2) is 11.3 Å². The van der Waals surface area contributed by atoms with E-state index >= 15 is 0 Å². The van der Waals surface area contributed by atoms with Gasteiger partial charge < -0.3 is 5.73 Å². The zero-order valence-corrected chi connectivity index (χ0v) is 11.1. The first kappa shape index (κ1) is 13.8. The van der Waals surface area contributed by atoms with Crippen LogP contribution in [0.5, 0.6) is 0 Å². The van der Waals surface area contributed by atoms with E-state index in [9.17, 15) is 9.18 Å². The van der Waals surface area contributed by atoms with E-state index in [4.69, 9.17) is 5.73 Å². The summed E-state index contributed by atoms with van der Waals surface area (Å²) in [4.78, 5) is 12.4. The third-order valence-electron chi connectivity index (χ3n) is 3.61. The number of ketones is 1. The fraction of sp³-hybridized carbons (Fsp3) is 0.500. The molecule has 94 valence electrons. The Balaban J connectivity index is 3.22. The Bertz CT molecular complexity index is 444. The van der Waals surface area contributed by atoms with E-state index in [-0.39, 0.29) is 11.6 Å². The molecule has 1 aromatic rings. The highest BCUT2D eigenvalue weighted by Crippen LogP contribution is 2.33. The molecule has 1 aromatic carbocycles. The molecule has 2 N–H and O–H groups in total. The number of Topliss-reactive ketones (excluding diaryl/α,β-unsaturated/α-hetero) is 1. The quantitative estimate of drug-likeness (QED) is 0.821. The highest BCUT2D eigenvalue weighted by Gasteiger charge is 2.41. The summed E-state index contributed by atoms with van der Waals surface area (Å²) in [6.45, 7) is 9.01. The van der Waals surface area contributed by atoms with Gasteiger partial charge in [-0.3, -0.25) is 4.79 Å². The van der Waals surface area contributed by atoms with Crippen molar-refractivity contribution in [3.05, 3.63) is 35.1 Å². The first-order chi connectivity index (χ1) is 7.57. The summed E-state index contributed by atoms with van der Waals surface area (Å²) in [6.07, 6.45) is 0. The molecule has 0 fully saturated rings. The van der Waals surface area contributed by atoms with Gasteiger partial charge in [-0.05, 0) is 44.5 Å². The topological polar surface area (TPSA) is 43.1 Å². The Hall–Kier alpha value is -1.22. The SMILES string of the molecule is Cc1cc(F)ccc1C(=O)C(C)(C)C(C)(C)N. The number of rotatable bonds is 3. The van der Waals surface area contributed by atoms with Crippen molar-refractivity contribution in [2.45, 2.75) is 40.2 Å².